The number of fused-ring (bicyclic) bond motifs is 1. The number of pyridine rings is 1. The lowest BCUT2D eigenvalue weighted by Gasteiger charge is -2.06. The van der Waals surface area contributed by atoms with Gasteiger partial charge in [-0.1, -0.05) is 11.8 Å². The second-order valence-electron chi connectivity index (χ2n) is 3.52. The van der Waals surface area contributed by atoms with Gasteiger partial charge < -0.3 is 14.8 Å². The summed E-state index contributed by atoms with van der Waals surface area (Å²) in [5.74, 6) is -1.35. The Morgan fingerprint density at radius 3 is 2.95 bits per heavy atom. The Labute approximate surface area is 112 Å². The van der Waals surface area contributed by atoms with Crippen molar-refractivity contribution < 1.29 is 14.6 Å². The number of esters is 1. The van der Waals surface area contributed by atoms with Gasteiger partial charge in [0.25, 0.3) is 5.56 Å². The van der Waals surface area contributed by atoms with Gasteiger partial charge in [-0.3, -0.25) is 4.79 Å². The van der Waals surface area contributed by atoms with E-state index < -0.39 is 22.8 Å². The molecule has 2 N–H and O–H groups in total. The highest BCUT2D eigenvalue weighted by Crippen LogP contribution is 2.24. The van der Waals surface area contributed by atoms with Crippen molar-refractivity contribution in [2.45, 2.75) is 12.1 Å². The van der Waals surface area contributed by atoms with Crippen LogP contribution < -0.4 is 5.56 Å². The number of aromatic amines is 1. The average Bonchev–Trinajstić information content (AvgIpc) is 2.38. The van der Waals surface area contributed by atoms with Gasteiger partial charge in [-0.05, 0) is 13.2 Å². The van der Waals surface area contributed by atoms with E-state index >= 15 is 0 Å². The minimum Gasteiger partial charge on any atom is -0.506 e. The average molecular weight is 281 g/mol. The number of aromatic hydroxyl groups is 1. The highest BCUT2D eigenvalue weighted by Gasteiger charge is 2.21. The molecule has 0 aliphatic rings. The molecule has 0 saturated heterocycles. The summed E-state index contributed by atoms with van der Waals surface area (Å²) in [6.07, 6.45) is 3.13. The number of hydrogen-bond donors (Lipinski definition) is 2. The molecule has 100 valence electrons. The molecule has 0 aromatic carbocycles. The van der Waals surface area contributed by atoms with Crippen molar-refractivity contribution in [3.8, 4) is 5.75 Å². The molecule has 2 rings (SSSR count). The fraction of sp³-hybridized carbons (Fsp3) is 0.273. The third kappa shape index (κ3) is 2.39. The molecule has 0 fully saturated rings. The number of ether oxygens (including phenoxy) is 1. The number of thioether (sulfide) groups is 1. The molecule has 0 bridgehead atoms. The quantitative estimate of drug-likeness (QED) is 0.489. The van der Waals surface area contributed by atoms with Crippen LogP contribution >= 0.6 is 11.8 Å². The van der Waals surface area contributed by atoms with E-state index in [0.29, 0.717) is 5.16 Å². The van der Waals surface area contributed by atoms with E-state index in [0.717, 1.165) is 0 Å². The zero-order chi connectivity index (χ0) is 14.0. The minimum absolute atomic E-state index is 0.109. The van der Waals surface area contributed by atoms with Gasteiger partial charge in [0.1, 0.15) is 11.4 Å². The number of aromatic nitrogens is 3. The second-order valence-corrected chi connectivity index (χ2v) is 4.29. The Hall–Kier alpha value is -2.09. The molecule has 2 aromatic heterocycles. The normalized spacial score (nSPS) is 10.6. The SMILES string of the molecule is CCOC(=O)c1c(O)c2cnc(SC)nc2[nH]c1=O. The predicted molar refractivity (Wildman–Crippen MR) is 69.6 cm³/mol. The molecule has 2 aromatic rings. The number of nitrogens with one attached hydrogen (secondary N) is 1. The summed E-state index contributed by atoms with van der Waals surface area (Å²) < 4.78 is 4.72. The smallest absolute Gasteiger partial charge is 0.347 e. The molecule has 0 aliphatic heterocycles. The maximum atomic E-state index is 11.8. The Balaban J connectivity index is 2.69. The van der Waals surface area contributed by atoms with Crippen LogP contribution in [0.15, 0.2) is 16.1 Å². The molecule has 0 radical (unpaired) electrons. The molecule has 0 atom stereocenters. The first-order valence-corrected chi connectivity index (χ1v) is 6.64. The van der Waals surface area contributed by atoms with Crippen LogP contribution in [-0.2, 0) is 4.74 Å². The van der Waals surface area contributed by atoms with E-state index in [4.69, 9.17) is 4.74 Å². The highest BCUT2D eigenvalue weighted by molar-refractivity contribution is 7.98. The second kappa shape index (κ2) is 5.27. The maximum absolute atomic E-state index is 11.8. The standard InChI is InChI=1S/C11H11N3O4S/c1-3-18-10(17)6-7(15)5-4-12-11(19-2)14-8(5)13-9(6)16/h4H,3H2,1-2H3,(H2,12,13,14,15,16). The molecule has 0 saturated carbocycles. The molecular formula is C11H11N3O4S. The van der Waals surface area contributed by atoms with E-state index in [1.807, 2.05) is 0 Å². The van der Waals surface area contributed by atoms with Crippen LogP contribution in [0.1, 0.15) is 17.3 Å². The number of rotatable bonds is 3. The van der Waals surface area contributed by atoms with Crippen molar-refractivity contribution in [2.24, 2.45) is 0 Å². The Bertz CT molecular complexity index is 698. The number of nitrogens with zero attached hydrogens (tertiary/aromatic N) is 2. The van der Waals surface area contributed by atoms with Gasteiger partial charge in [0.2, 0.25) is 0 Å². The summed E-state index contributed by atoms with van der Waals surface area (Å²) in [5, 5.41) is 10.6. The summed E-state index contributed by atoms with van der Waals surface area (Å²) in [6, 6.07) is 0. The Morgan fingerprint density at radius 2 is 2.32 bits per heavy atom. The van der Waals surface area contributed by atoms with Crippen molar-refractivity contribution in [3.05, 3.63) is 22.1 Å². The summed E-state index contributed by atoms with van der Waals surface area (Å²) in [5.41, 5.74) is -1.00. The monoisotopic (exact) mass is 281 g/mol. The zero-order valence-corrected chi connectivity index (χ0v) is 11.1. The van der Waals surface area contributed by atoms with Gasteiger partial charge in [-0.2, -0.15) is 0 Å². The lowest BCUT2D eigenvalue weighted by molar-refractivity contribution is 0.0521. The molecular weight excluding hydrogens is 270 g/mol. The molecule has 0 spiro atoms. The van der Waals surface area contributed by atoms with Gasteiger partial charge in [0, 0.05) is 6.20 Å². The molecule has 19 heavy (non-hydrogen) atoms. The lowest BCUT2D eigenvalue weighted by Crippen LogP contribution is -2.20. The van der Waals surface area contributed by atoms with Gasteiger partial charge in [0.15, 0.2) is 10.7 Å². The van der Waals surface area contributed by atoms with Crippen molar-refractivity contribution in [1.29, 1.82) is 0 Å². The summed E-state index contributed by atoms with van der Waals surface area (Å²) >= 11 is 1.30. The van der Waals surface area contributed by atoms with Crippen molar-refractivity contribution in [2.75, 3.05) is 12.9 Å². The van der Waals surface area contributed by atoms with E-state index in [1.165, 1.54) is 18.0 Å². The van der Waals surface area contributed by atoms with Crippen LogP contribution in [0.3, 0.4) is 0 Å². The Kier molecular flexibility index (Phi) is 3.70. The topological polar surface area (TPSA) is 105 Å². The first-order valence-electron chi connectivity index (χ1n) is 5.41. The fourth-order valence-corrected chi connectivity index (χ4v) is 1.88. The third-order valence-corrected chi connectivity index (χ3v) is 2.94. The molecule has 2 heterocycles. The fourth-order valence-electron chi connectivity index (χ4n) is 1.54. The molecule has 7 nitrogen and oxygen atoms in total. The van der Waals surface area contributed by atoms with Crippen molar-refractivity contribution >= 4 is 28.8 Å². The third-order valence-electron chi connectivity index (χ3n) is 2.38. The highest BCUT2D eigenvalue weighted by atomic mass is 32.2. The Morgan fingerprint density at radius 1 is 1.58 bits per heavy atom. The molecule has 8 heteroatoms. The largest absolute Gasteiger partial charge is 0.506 e. The van der Waals surface area contributed by atoms with Gasteiger partial charge >= 0.3 is 5.97 Å². The number of carbonyl (C=O) groups is 1. The number of hydrogen-bond acceptors (Lipinski definition) is 7. The van der Waals surface area contributed by atoms with Crippen LogP contribution in [0.5, 0.6) is 5.75 Å². The van der Waals surface area contributed by atoms with Crippen molar-refractivity contribution in [3.63, 3.8) is 0 Å². The van der Waals surface area contributed by atoms with Gasteiger partial charge in [-0.15, -0.1) is 0 Å². The first kappa shape index (κ1) is 13.3. The summed E-state index contributed by atoms with van der Waals surface area (Å²) in [6.45, 7) is 1.72. The van der Waals surface area contributed by atoms with Gasteiger partial charge in [-0.25, -0.2) is 14.8 Å². The maximum Gasteiger partial charge on any atom is 0.347 e. The summed E-state index contributed by atoms with van der Waals surface area (Å²) in [4.78, 5) is 33.9. The molecule has 0 aliphatic carbocycles. The number of carbonyl (C=O) groups excluding carboxylic acids is 1. The van der Waals surface area contributed by atoms with Gasteiger partial charge in [0.05, 0.1) is 12.0 Å². The number of H-pyrrole nitrogens is 1. The van der Waals surface area contributed by atoms with E-state index in [9.17, 15) is 14.7 Å². The first-order chi connectivity index (χ1) is 9.08. The lowest BCUT2D eigenvalue weighted by atomic mass is 10.2. The molecule has 0 unspecified atom stereocenters. The van der Waals surface area contributed by atoms with Crippen molar-refractivity contribution in [1.82, 2.24) is 15.0 Å². The molecule has 0 amide bonds. The van der Waals surface area contributed by atoms with E-state index in [2.05, 4.69) is 15.0 Å². The minimum atomic E-state index is -0.878. The van der Waals surface area contributed by atoms with Crippen LogP contribution in [0.4, 0.5) is 0 Å². The van der Waals surface area contributed by atoms with E-state index in [1.54, 1.807) is 13.2 Å². The van der Waals surface area contributed by atoms with Crippen LogP contribution in [0.25, 0.3) is 11.0 Å². The van der Waals surface area contributed by atoms with Crippen LogP contribution in [0, 0.1) is 0 Å². The zero-order valence-electron chi connectivity index (χ0n) is 10.3. The van der Waals surface area contributed by atoms with E-state index in [-0.39, 0.29) is 17.6 Å². The predicted octanol–water partition coefficient (Wildman–Crippen LogP) is 0.922. The summed E-state index contributed by atoms with van der Waals surface area (Å²) in [7, 11) is 0. The van der Waals surface area contributed by atoms with Crippen LogP contribution in [-0.4, -0.2) is 38.9 Å². The van der Waals surface area contributed by atoms with Crippen LogP contribution in [0.2, 0.25) is 0 Å².